The van der Waals surface area contributed by atoms with Crippen LogP contribution in [0.5, 0.6) is 0 Å². The molecule has 0 aliphatic rings. The average molecular weight is 630 g/mol. The maximum absolute atomic E-state index is 11.4. The summed E-state index contributed by atoms with van der Waals surface area (Å²) in [7, 11) is 0. The molecule has 0 aromatic carbocycles. The van der Waals surface area contributed by atoms with Crippen LogP contribution in [-0.4, -0.2) is 30.7 Å². The zero-order valence-electron chi connectivity index (χ0n) is 30.2. The van der Waals surface area contributed by atoms with Crippen LogP contribution in [0.4, 0.5) is 0 Å². The molecule has 0 bridgehead atoms. The fraction of sp³-hybridized carbons (Fsp3) is 1.00. The molecule has 0 aromatic heterocycles. The summed E-state index contributed by atoms with van der Waals surface area (Å²) < 4.78 is 5.53. The second kappa shape index (κ2) is 30.3. The summed E-state index contributed by atoms with van der Waals surface area (Å²) in [5, 5.41) is 10.9. The van der Waals surface area contributed by atoms with Gasteiger partial charge in [0.1, 0.15) is 0 Å². The van der Waals surface area contributed by atoms with Gasteiger partial charge in [0.2, 0.25) is 0 Å². The van der Waals surface area contributed by atoms with Gasteiger partial charge in [0.15, 0.2) is 0 Å². The van der Waals surface area contributed by atoms with Crippen LogP contribution in [0.1, 0.15) is 219 Å². The van der Waals surface area contributed by atoms with Crippen molar-refractivity contribution in [3.63, 3.8) is 0 Å². The van der Waals surface area contributed by atoms with Crippen LogP contribution in [0, 0.1) is 10.1 Å². The molecule has 43 heavy (non-hydrogen) atoms. The molecule has 0 aromatic rings. The predicted molar refractivity (Wildman–Crippen MR) is 196 cm³/mol. The molecular formula is C38H80NO3P. The minimum absolute atomic E-state index is 0.489. The Kier molecular flexibility index (Phi) is 30.0. The molecule has 0 aliphatic carbocycles. The van der Waals surface area contributed by atoms with Crippen LogP contribution < -0.4 is 0 Å². The van der Waals surface area contributed by atoms with E-state index < -0.39 is 11.9 Å². The summed E-state index contributed by atoms with van der Waals surface area (Å²) in [5.74, 6) is 0. The first-order valence-electron chi connectivity index (χ1n) is 19.7. The molecule has 0 saturated heterocycles. The number of rotatable bonds is 36. The van der Waals surface area contributed by atoms with Gasteiger partial charge in [-0.15, -0.1) is 0 Å². The summed E-state index contributed by atoms with van der Waals surface area (Å²) in [6, 6.07) is 0. The third-order valence-electron chi connectivity index (χ3n) is 9.76. The van der Waals surface area contributed by atoms with E-state index in [4.69, 9.17) is 4.62 Å². The van der Waals surface area contributed by atoms with Gasteiger partial charge >= 0.3 is 194 Å². The molecule has 0 N–H and O–H groups in total. The monoisotopic (exact) mass is 630 g/mol. The van der Waals surface area contributed by atoms with E-state index >= 15 is 0 Å². The standard InChI is InChI=1S/C38H80NO3P/c1-5-7-9-11-13-15-17-19-21-23-25-27-29-31-33-35-37-43(3,4,42-39(40)41)38-36-34-32-30-28-26-24-22-20-18-16-14-12-10-8-6-2/h5-38H2,1-4H3. The van der Waals surface area contributed by atoms with Crippen molar-refractivity contribution in [2.45, 2.75) is 219 Å². The predicted octanol–water partition coefficient (Wildman–Crippen LogP) is 14.4. The van der Waals surface area contributed by atoms with E-state index in [-0.39, 0.29) is 0 Å². The van der Waals surface area contributed by atoms with Crippen LogP contribution in [0.25, 0.3) is 0 Å². The topological polar surface area (TPSA) is 52.4 Å². The summed E-state index contributed by atoms with van der Waals surface area (Å²) in [4.78, 5) is 11.4. The van der Waals surface area contributed by atoms with Crippen LogP contribution in [-0.2, 0) is 4.62 Å². The van der Waals surface area contributed by atoms with E-state index in [1.807, 2.05) is 0 Å². The molecule has 0 amide bonds. The summed E-state index contributed by atoms with van der Waals surface area (Å²) in [6.07, 6.45) is 45.3. The normalized spacial score (nSPS) is 12.8. The number of unbranched alkanes of at least 4 members (excludes halogenated alkanes) is 30. The minimum atomic E-state index is -2.71. The molecule has 0 saturated carbocycles. The second-order valence-electron chi connectivity index (χ2n) is 14.9. The van der Waals surface area contributed by atoms with Gasteiger partial charge in [-0.2, -0.15) is 0 Å². The van der Waals surface area contributed by atoms with Gasteiger partial charge in [0.25, 0.3) is 0 Å². The van der Waals surface area contributed by atoms with Crippen molar-refractivity contribution in [2.24, 2.45) is 0 Å². The van der Waals surface area contributed by atoms with Crippen LogP contribution in [0.2, 0.25) is 0 Å². The Bertz CT molecular complexity index is 558. The number of hydrogen-bond donors (Lipinski definition) is 0. The van der Waals surface area contributed by atoms with E-state index in [2.05, 4.69) is 27.2 Å². The maximum atomic E-state index is 11.4. The first kappa shape index (κ1) is 42.6. The van der Waals surface area contributed by atoms with Crippen molar-refractivity contribution in [3.8, 4) is 0 Å². The van der Waals surface area contributed by atoms with Crippen molar-refractivity contribution in [2.75, 3.05) is 25.7 Å². The van der Waals surface area contributed by atoms with E-state index in [9.17, 15) is 10.1 Å². The van der Waals surface area contributed by atoms with Crippen molar-refractivity contribution in [1.82, 2.24) is 0 Å². The van der Waals surface area contributed by atoms with Crippen molar-refractivity contribution in [1.29, 1.82) is 0 Å². The summed E-state index contributed by atoms with van der Waals surface area (Å²) in [6.45, 7) is 6.09. The van der Waals surface area contributed by atoms with Gasteiger partial charge in [-0.25, -0.2) is 0 Å². The van der Waals surface area contributed by atoms with Crippen LogP contribution in [0.3, 0.4) is 0 Å². The second-order valence-corrected chi connectivity index (χ2v) is 21.1. The third kappa shape index (κ3) is 31.4. The Balaban J connectivity index is 3.75. The Morgan fingerprint density at radius 3 is 0.767 bits per heavy atom. The fourth-order valence-corrected chi connectivity index (χ4v) is 9.99. The molecule has 0 unspecified atom stereocenters. The molecule has 5 heteroatoms. The van der Waals surface area contributed by atoms with Crippen LogP contribution >= 0.6 is 6.83 Å². The molecule has 4 nitrogen and oxygen atoms in total. The van der Waals surface area contributed by atoms with Gasteiger partial charge in [-0.05, 0) is 0 Å². The van der Waals surface area contributed by atoms with Gasteiger partial charge in [-0.1, -0.05) is 78.1 Å². The molecule has 0 spiro atoms. The summed E-state index contributed by atoms with van der Waals surface area (Å²) in [5.41, 5.74) is 0. The zero-order valence-corrected chi connectivity index (χ0v) is 31.1. The van der Waals surface area contributed by atoms with Crippen molar-refractivity contribution in [3.05, 3.63) is 10.1 Å². The molecular weight excluding hydrogens is 549 g/mol. The number of nitrogens with zero attached hydrogens (tertiary/aromatic N) is 1. The van der Waals surface area contributed by atoms with Gasteiger partial charge in [0, 0.05) is 0 Å². The quantitative estimate of drug-likeness (QED) is 0.0300. The van der Waals surface area contributed by atoms with E-state index in [1.54, 1.807) is 0 Å². The Labute approximate surface area is 271 Å². The van der Waals surface area contributed by atoms with E-state index in [0.29, 0.717) is 0 Å². The Morgan fingerprint density at radius 1 is 0.395 bits per heavy atom. The summed E-state index contributed by atoms with van der Waals surface area (Å²) >= 11 is 0. The first-order valence-corrected chi connectivity index (χ1v) is 23.1. The third-order valence-corrected chi connectivity index (χ3v) is 13.9. The Hall–Kier alpha value is -0.370. The van der Waals surface area contributed by atoms with Crippen molar-refractivity contribution >= 4 is 6.83 Å². The first-order chi connectivity index (χ1) is 20.8. The molecule has 0 heterocycles. The Morgan fingerprint density at radius 2 is 0.581 bits per heavy atom. The molecule has 0 radical (unpaired) electrons. The fourth-order valence-electron chi connectivity index (χ4n) is 6.73. The molecule has 0 atom stereocenters. The molecule has 260 valence electrons. The van der Waals surface area contributed by atoms with Gasteiger partial charge in [0.05, 0.1) is 0 Å². The molecule has 0 aliphatic heterocycles. The van der Waals surface area contributed by atoms with Crippen molar-refractivity contribution < 1.29 is 9.71 Å². The zero-order chi connectivity index (χ0) is 31.8. The van der Waals surface area contributed by atoms with Gasteiger partial charge in [-0.3, -0.25) is 0 Å². The van der Waals surface area contributed by atoms with Gasteiger partial charge < -0.3 is 0 Å². The van der Waals surface area contributed by atoms with Crippen LogP contribution in [0.15, 0.2) is 0 Å². The SMILES string of the molecule is CCCCCCCCCCCCCCCCCCP(C)(C)(CCCCCCCCCCCCCCCCCC)O[N+](=O)[O-]. The molecule has 0 rings (SSSR count). The number of hydrogen-bond acceptors (Lipinski definition) is 3. The molecule has 0 fully saturated rings. The van der Waals surface area contributed by atoms with E-state index in [0.717, 1.165) is 25.2 Å². The van der Waals surface area contributed by atoms with E-state index in [1.165, 1.54) is 193 Å². The average Bonchev–Trinajstić information content (AvgIpc) is 2.96.